The number of nitrogens with one attached hydrogen (secondary N) is 2. The Morgan fingerprint density at radius 3 is 2.67 bits per heavy atom. The van der Waals surface area contributed by atoms with Gasteiger partial charge in [-0.3, -0.25) is 9.89 Å². The number of amides is 1. The van der Waals surface area contributed by atoms with Crippen LogP contribution in [-0.4, -0.2) is 22.6 Å². The summed E-state index contributed by atoms with van der Waals surface area (Å²) in [5.41, 5.74) is 1.66. The van der Waals surface area contributed by atoms with Crippen molar-refractivity contribution in [2.75, 3.05) is 6.54 Å². The first-order valence-electron chi connectivity index (χ1n) is 5.92. The van der Waals surface area contributed by atoms with Crippen LogP contribution in [0.25, 0.3) is 0 Å². The van der Waals surface area contributed by atoms with Crippen LogP contribution >= 0.6 is 0 Å². The van der Waals surface area contributed by atoms with Crippen molar-refractivity contribution < 1.29 is 4.79 Å². The fraction of sp³-hybridized carbons (Fsp3) is 0.286. The minimum absolute atomic E-state index is 0.0966. The van der Waals surface area contributed by atoms with E-state index in [1.807, 2.05) is 18.2 Å². The molecule has 4 heteroatoms. The minimum Gasteiger partial charge on any atom is -0.351 e. The number of hydrogen-bond acceptors (Lipinski definition) is 2. The van der Waals surface area contributed by atoms with Gasteiger partial charge < -0.3 is 5.32 Å². The molecule has 94 valence electrons. The van der Waals surface area contributed by atoms with Crippen molar-refractivity contribution in [2.24, 2.45) is 0 Å². The van der Waals surface area contributed by atoms with Gasteiger partial charge in [-0.1, -0.05) is 44.2 Å². The third-order valence-electron chi connectivity index (χ3n) is 3.01. The molecule has 0 spiro atoms. The average molecular weight is 243 g/mol. The van der Waals surface area contributed by atoms with Crippen LogP contribution in [0.15, 0.2) is 42.7 Å². The highest BCUT2D eigenvalue weighted by Gasteiger charge is 2.21. The first-order valence-corrected chi connectivity index (χ1v) is 5.92. The molecule has 0 saturated carbocycles. The summed E-state index contributed by atoms with van der Waals surface area (Å²) in [6.07, 6.45) is 3.11. The van der Waals surface area contributed by atoms with E-state index in [0.717, 1.165) is 0 Å². The average Bonchev–Trinajstić information content (AvgIpc) is 2.91. The summed E-state index contributed by atoms with van der Waals surface area (Å²) < 4.78 is 0. The van der Waals surface area contributed by atoms with Crippen LogP contribution in [0.1, 0.15) is 29.8 Å². The number of rotatable bonds is 4. The van der Waals surface area contributed by atoms with Crippen molar-refractivity contribution in [1.29, 1.82) is 0 Å². The number of nitrogens with zero attached hydrogens (tertiary/aromatic N) is 1. The Morgan fingerprint density at radius 2 is 2.06 bits per heavy atom. The zero-order chi connectivity index (χ0) is 13.0. The van der Waals surface area contributed by atoms with Crippen LogP contribution in [0, 0.1) is 0 Å². The number of H-pyrrole nitrogens is 1. The quantitative estimate of drug-likeness (QED) is 0.864. The lowest BCUT2D eigenvalue weighted by Gasteiger charge is -2.25. The van der Waals surface area contributed by atoms with Gasteiger partial charge in [0.25, 0.3) is 5.91 Å². The smallest absolute Gasteiger partial charge is 0.254 e. The summed E-state index contributed by atoms with van der Waals surface area (Å²) in [6, 6.07) is 10.2. The number of hydrogen-bond donors (Lipinski definition) is 2. The Bertz CT molecular complexity index is 503. The maximum absolute atomic E-state index is 11.8. The van der Waals surface area contributed by atoms with Crippen molar-refractivity contribution >= 4 is 5.91 Å². The second kappa shape index (κ2) is 5.04. The number of carbonyl (C=O) groups is 1. The van der Waals surface area contributed by atoms with E-state index < -0.39 is 0 Å². The summed E-state index contributed by atoms with van der Waals surface area (Å²) in [4.78, 5) is 11.8. The van der Waals surface area contributed by atoms with Crippen LogP contribution in [0.5, 0.6) is 0 Å². The summed E-state index contributed by atoms with van der Waals surface area (Å²) in [6.45, 7) is 4.80. The van der Waals surface area contributed by atoms with Gasteiger partial charge in [-0.15, -0.1) is 0 Å². The molecule has 0 fully saturated rings. The van der Waals surface area contributed by atoms with E-state index in [2.05, 4.69) is 41.5 Å². The van der Waals surface area contributed by atoms with Gasteiger partial charge in [0, 0.05) is 18.2 Å². The number of carbonyl (C=O) groups excluding carboxylic acids is 1. The van der Waals surface area contributed by atoms with Crippen LogP contribution in [0.2, 0.25) is 0 Å². The van der Waals surface area contributed by atoms with E-state index in [1.54, 1.807) is 6.20 Å². The van der Waals surface area contributed by atoms with E-state index in [1.165, 1.54) is 11.8 Å². The van der Waals surface area contributed by atoms with E-state index >= 15 is 0 Å². The molecule has 0 aliphatic heterocycles. The third kappa shape index (κ3) is 2.77. The van der Waals surface area contributed by atoms with Gasteiger partial charge in [0.1, 0.15) is 0 Å². The van der Waals surface area contributed by atoms with E-state index in [4.69, 9.17) is 0 Å². The summed E-state index contributed by atoms with van der Waals surface area (Å²) in [5, 5.41) is 9.31. The van der Waals surface area contributed by atoms with Gasteiger partial charge >= 0.3 is 0 Å². The van der Waals surface area contributed by atoms with Crippen molar-refractivity contribution in [3.8, 4) is 0 Å². The molecule has 1 amide bonds. The second-order valence-corrected chi connectivity index (χ2v) is 4.92. The molecule has 0 bridgehead atoms. The van der Waals surface area contributed by atoms with Gasteiger partial charge in [0.2, 0.25) is 0 Å². The molecule has 2 aromatic rings. The van der Waals surface area contributed by atoms with E-state index in [9.17, 15) is 4.79 Å². The molecule has 0 unspecified atom stereocenters. The van der Waals surface area contributed by atoms with Crippen LogP contribution in [0.3, 0.4) is 0 Å². The molecule has 0 atom stereocenters. The molecule has 18 heavy (non-hydrogen) atoms. The van der Waals surface area contributed by atoms with E-state index in [-0.39, 0.29) is 11.3 Å². The SMILES string of the molecule is CC(C)(CNC(=O)c1cn[nH]c1)c1ccccc1. The summed E-state index contributed by atoms with van der Waals surface area (Å²) in [7, 11) is 0. The van der Waals surface area contributed by atoms with Crippen molar-refractivity contribution in [2.45, 2.75) is 19.3 Å². The number of aromatic nitrogens is 2. The fourth-order valence-corrected chi connectivity index (χ4v) is 1.77. The second-order valence-electron chi connectivity index (χ2n) is 4.92. The lowest BCUT2D eigenvalue weighted by Crippen LogP contribution is -2.36. The summed E-state index contributed by atoms with van der Waals surface area (Å²) >= 11 is 0. The van der Waals surface area contributed by atoms with Gasteiger partial charge in [-0.25, -0.2) is 0 Å². The zero-order valence-electron chi connectivity index (χ0n) is 10.6. The fourth-order valence-electron chi connectivity index (χ4n) is 1.77. The molecular weight excluding hydrogens is 226 g/mol. The molecular formula is C14H17N3O. The highest BCUT2D eigenvalue weighted by Crippen LogP contribution is 2.21. The Kier molecular flexibility index (Phi) is 3.46. The zero-order valence-corrected chi connectivity index (χ0v) is 10.6. The molecule has 2 N–H and O–H groups in total. The predicted octanol–water partition coefficient (Wildman–Crippen LogP) is 2.12. The first-order chi connectivity index (χ1) is 8.59. The molecule has 2 rings (SSSR count). The van der Waals surface area contributed by atoms with Crippen LogP contribution < -0.4 is 5.32 Å². The molecule has 0 radical (unpaired) electrons. The molecule has 1 aromatic heterocycles. The topological polar surface area (TPSA) is 57.8 Å². The third-order valence-corrected chi connectivity index (χ3v) is 3.01. The lowest BCUT2D eigenvalue weighted by molar-refractivity contribution is 0.0945. The van der Waals surface area contributed by atoms with Crippen molar-refractivity contribution in [1.82, 2.24) is 15.5 Å². The number of benzene rings is 1. The monoisotopic (exact) mass is 243 g/mol. The minimum atomic E-state index is -0.104. The summed E-state index contributed by atoms with van der Waals surface area (Å²) in [5.74, 6) is -0.104. The first kappa shape index (κ1) is 12.4. The lowest BCUT2D eigenvalue weighted by atomic mass is 9.84. The Balaban J connectivity index is 1.99. The normalized spacial score (nSPS) is 11.2. The van der Waals surface area contributed by atoms with Crippen LogP contribution in [0.4, 0.5) is 0 Å². The van der Waals surface area contributed by atoms with Crippen molar-refractivity contribution in [3.05, 3.63) is 53.9 Å². The number of aromatic amines is 1. The largest absolute Gasteiger partial charge is 0.351 e. The van der Waals surface area contributed by atoms with Gasteiger partial charge in [-0.05, 0) is 5.56 Å². The molecule has 1 aromatic carbocycles. The maximum Gasteiger partial charge on any atom is 0.254 e. The Morgan fingerprint density at radius 1 is 1.33 bits per heavy atom. The highest BCUT2D eigenvalue weighted by atomic mass is 16.1. The standard InChI is InChI=1S/C14H17N3O/c1-14(2,12-6-4-3-5-7-12)10-15-13(18)11-8-16-17-9-11/h3-9H,10H2,1-2H3,(H,15,18)(H,16,17). The van der Waals surface area contributed by atoms with Gasteiger partial charge in [-0.2, -0.15) is 5.10 Å². The maximum atomic E-state index is 11.8. The van der Waals surface area contributed by atoms with Crippen molar-refractivity contribution in [3.63, 3.8) is 0 Å². The van der Waals surface area contributed by atoms with Gasteiger partial charge in [0.15, 0.2) is 0 Å². The molecule has 4 nitrogen and oxygen atoms in total. The highest BCUT2D eigenvalue weighted by molar-refractivity contribution is 5.93. The Labute approximate surface area is 106 Å². The Hall–Kier alpha value is -2.10. The molecule has 0 saturated heterocycles. The molecule has 0 aliphatic rings. The predicted molar refractivity (Wildman–Crippen MR) is 70.4 cm³/mol. The molecule has 0 aliphatic carbocycles. The van der Waals surface area contributed by atoms with E-state index in [0.29, 0.717) is 12.1 Å². The van der Waals surface area contributed by atoms with Gasteiger partial charge in [0.05, 0.1) is 11.8 Å². The molecule has 1 heterocycles. The van der Waals surface area contributed by atoms with Crippen LogP contribution in [-0.2, 0) is 5.41 Å².